The van der Waals surface area contributed by atoms with Gasteiger partial charge in [0.05, 0.1) is 0 Å². The van der Waals surface area contributed by atoms with Crippen LogP contribution in [0, 0.1) is 0 Å². The van der Waals surface area contributed by atoms with E-state index in [1.165, 1.54) is 0 Å². The number of ether oxygens (including phenoxy) is 1. The molecule has 1 aliphatic carbocycles. The van der Waals surface area contributed by atoms with Crippen LogP contribution in [-0.2, 0) is 9.53 Å². The number of rotatable bonds is 0. The first-order valence-corrected chi connectivity index (χ1v) is 4.13. The molecule has 0 spiro atoms. The third-order valence-electron chi connectivity index (χ3n) is 2.18. The molecule has 2 rings (SSSR count). The highest BCUT2D eigenvalue weighted by atomic mass is 16.5. The Bertz CT molecular complexity index is 278. The topological polar surface area (TPSA) is 52.3 Å². The fourth-order valence-electron chi connectivity index (χ4n) is 1.51. The zero-order chi connectivity index (χ0) is 8.55. The molecule has 64 valence electrons. The molecule has 3 nitrogen and oxygen atoms in total. The number of carbonyl (C=O) groups excluding carboxylic acids is 1. The normalized spacial score (nSPS) is 28.4. The van der Waals surface area contributed by atoms with Gasteiger partial charge in [-0.05, 0) is 12.0 Å². The second-order valence-electron chi connectivity index (χ2n) is 3.12. The Labute approximate surface area is 70.9 Å². The highest BCUT2D eigenvalue weighted by Gasteiger charge is 2.26. The van der Waals surface area contributed by atoms with Crippen LogP contribution in [0.1, 0.15) is 19.3 Å². The summed E-state index contributed by atoms with van der Waals surface area (Å²) in [6, 6.07) is -0.466. The second-order valence-corrected chi connectivity index (χ2v) is 3.12. The van der Waals surface area contributed by atoms with Crippen molar-refractivity contribution in [1.82, 2.24) is 0 Å². The van der Waals surface area contributed by atoms with Crippen LogP contribution in [0.5, 0.6) is 0 Å². The van der Waals surface area contributed by atoms with Crippen molar-refractivity contribution in [1.29, 1.82) is 0 Å². The molecule has 1 unspecified atom stereocenters. The zero-order valence-electron chi connectivity index (χ0n) is 6.75. The molecule has 12 heavy (non-hydrogen) atoms. The number of carbonyl (C=O) groups is 1. The highest BCUT2D eigenvalue weighted by Crippen LogP contribution is 2.27. The molecule has 2 aliphatic rings. The van der Waals surface area contributed by atoms with E-state index in [1.54, 1.807) is 0 Å². The molecule has 0 radical (unpaired) electrons. The number of esters is 1. The lowest BCUT2D eigenvalue weighted by Gasteiger charge is -2.23. The van der Waals surface area contributed by atoms with Crippen molar-refractivity contribution in [3.05, 3.63) is 23.5 Å². The predicted octanol–water partition coefficient (Wildman–Crippen LogP) is 0.865. The van der Waals surface area contributed by atoms with Gasteiger partial charge in [-0.2, -0.15) is 0 Å². The standard InChI is InChI=1S/C9H11NO2/c10-7-5-6-3-1-2-4-8(6)12-9(7)11/h1,3,7H,2,4-5,10H2. The highest BCUT2D eigenvalue weighted by molar-refractivity contribution is 5.78. The maximum Gasteiger partial charge on any atom is 0.328 e. The average molecular weight is 165 g/mol. The molecule has 2 N–H and O–H groups in total. The summed E-state index contributed by atoms with van der Waals surface area (Å²) in [6.07, 6.45) is 6.52. The molecule has 1 atom stereocenters. The van der Waals surface area contributed by atoms with E-state index in [4.69, 9.17) is 10.5 Å². The summed E-state index contributed by atoms with van der Waals surface area (Å²) >= 11 is 0. The maximum absolute atomic E-state index is 11.0. The van der Waals surface area contributed by atoms with Gasteiger partial charge in [0.2, 0.25) is 0 Å². The molecular formula is C9H11NO2. The molecule has 0 fully saturated rings. The Hall–Kier alpha value is -1.09. The van der Waals surface area contributed by atoms with E-state index in [9.17, 15) is 4.79 Å². The third-order valence-corrected chi connectivity index (χ3v) is 2.18. The van der Waals surface area contributed by atoms with E-state index < -0.39 is 6.04 Å². The van der Waals surface area contributed by atoms with Gasteiger partial charge >= 0.3 is 5.97 Å². The molecule has 1 aliphatic heterocycles. The van der Waals surface area contributed by atoms with E-state index in [0.29, 0.717) is 6.42 Å². The van der Waals surface area contributed by atoms with E-state index >= 15 is 0 Å². The molecule has 0 saturated carbocycles. The Morgan fingerprint density at radius 3 is 3.25 bits per heavy atom. The van der Waals surface area contributed by atoms with Gasteiger partial charge in [-0.15, -0.1) is 0 Å². The quantitative estimate of drug-likeness (QED) is 0.542. The van der Waals surface area contributed by atoms with Crippen LogP contribution in [0.15, 0.2) is 23.5 Å². The number of hydrogen-bond acceptors (Lipinski definition) is 3. The third kappa shape index (κ3) is 1.16. The van der Waals surface area contributed by atoms with E-state index in [1.807, 2.05) is 6.08 Å². The monoisotopic (exact) mass is 165 g/mol. The lowest BCUT2D eigenvalue weighted by molar-refractivity contribution is -0.142. The fraction of sp³-hybridized carbons (Fsp3) is 0.444. The van der Waals surface area contributed by atoms with Crippen molar-refractivity contribution < 1.29 is 9.53 Å². The minimum absolute atomic E-state index is 0.288. The molecule has 0 aromatic heterocycles. The van der Waals surface area contributed by atoms with Crippen molar-refractivity contribution in [3.63, 3.8) is 0 Å². The van der Waals surface area contributed by atoms with E-state index in [0.717, 1.165) is 24.2 Å². The lowest BCUT2D eigenvalue weighted by atomic mass is 9.96. The number of hydrogen-bond donors (Lipinski definition) is 1. The first-order valence-electron chi connectivity index (χ1n) is 4.13. The van der Waals surface area contributed by atoms with Gasteiger partial charge in [0.1, 0.15) is 11.8 Å². The summed E-state index contributed by atoms with van der Waals surface area (Å²) in [5.41, 5.74) is 6.63. The van der Waals surface area contributed by atoms with Crippen molar-refractivity contribution in [2.45, 2.75) is 25.3 Å². The molecule has 3 heteroatoms. The molecular weight excluding hydrogens is 154 g/mol. The minimum Gasteiger partial charge on any atom is -0.430 e. The van der Waals surface area contributed by atoms with Crippen LogP contribution in [-0.4, -0.2) is 12.0 Å². The van der Waals surface area contributed by atoms with E-state index in [-0.39, 0.29) is 5.97 Å². The van der Waals surface area contributed by atoms with Gasteiger partial charge in [-0.25, -0.2) is 4.79 Å². The van der Waals surface area contributed by atoms with Crippen LogP contribution in [0.25, 0.3) is 0 Å². The SMILES string of the molecule is NC1CC2=C(CCC=C2)OC1=O. The van der Waals surface area contributed by atoms with Gasteiger partial charge in [0.25, 0.3) is 0 Å². The van der Waals surface area contributed by atoms with Crippen molar-refractivity contribution in [3.8, 4) is 0 Å². The first-order chi connectivity index (χ1) is 5.77. The summed E-state index contributed by atoms with van der Waals surface area (Å²) in [5.74, 6) is 0.535. The van der Waals surface area contributed by atoms with Gasteiger partial charge in [0.15, 0.2) is 0 Å². The maximum atomic E-state index is 11.0. The Morgan fingerprint density at radius 1 is 1.58 bits per heavy atom. The van der Waals surface area contributed by atoms with Crippen LogP contribution in [0.4, 0.5) is 0 Å². The minimum atomic E-state index is -0.466. The summed E-state index contributed by atoms with van der Waals surface area (Å²) < 4.78 is 5.07. The fourth-order valence-corrected chi connectivity index (χ4v) is 1.51. The summed E-state index contributed by atoms with van der Waals surface area (Å²) in [6.45, 7) is 0. The van der Waals surface area contributed by atoms with Crippen LogP contribution >= 0.6 is 0 Å². The molecule has 0 saturated heterocycles. The number of allylic oxidation sites excluding steroid dienone is 3. The Kier molecular flexibility index (Phi) is 1.73. The smallest absolute Gasteiger partial charge is 0.328 e. The van der Waals surface area contributed by atoms with E-state index in [2.05, 4.69) is 6.08 Å². The molecule has 0 amide bonds. The predicted molar refractivity (Wildman–Crippen MR) is 44.1 cm³/mol. The Morgan fingerprint density at radius 2 is 2.42 bits per heavy atom. The summed E-state index contributed by atoms with van der Waals surface area (Å²) in [4.78, 5) is 11.0. The number of nitrogens with two attached hydrogens (primary N) is 1. The Balaban J connectivity index is 2.27. The van der Waals surface area contributed by atoms with Gasteiger partial charge in [-0.3, -0.25) is 0 Å². The largest absolute Gasteiger partial charge is 0.430 e. The van der Waals surface area contributed by atoms with Gasteiger partial charge in [-0.1, -0.05) is 12.2 Å². The zero-order valence-corrected chi connectivity index (χ0v) is 6.75. The van der Waals surface area contributed by atoms with Crippen molar-refractivity contribution >= 4 is 5.97 Å². The summed E-state index contributed by atoms with van der Waals surface area (Å²) in [5, 5.41) is 0. The van der Waals surface area contributed by atoms with Gasteiger partial charge in [0, 0.05) is 12.8 Å². The first kappa shape index (κ1) is 7.55. The molecule has 0 aromatic carbocycles. The van der Waals surface area contributed by atoms with Crippen LogP contribution in [0.3, 0.4) is 0 Å². The van der Waals surface area contributed by atoms with Crippen LogP contribution < -0.4 is 5.73 Å². The average Bonchev–Trinajstić information content (AvgIpc) is 2.07. The molecule has 0 aromatic rings. The van der Waals surface area contributed by atoms with Crippen LogP contribution in [0.2, 0.25) is 0 Å². The van der Waals surface area contributed by atoms with Gasteiger partial charge < -0.3 is 10.5 Å². The molecule has 0 bridgehead atoms. The lowest BCUT2D eigenvalue weighted by Crippen LogP contribution is -2.36. The van der Waals surface area contributed by atoms with Crippen molar-refractivity contribution in [2.24, 2.45) is 5.73 Å². The van der Waals surface area contributed by atoms with Crippen molar-refractivity contribution in [2.75, 3.05) is 0 Å². The summed E-state index contributed by atoms with van der Waals surface area (Å²) in [7, 11) is 0. The molecule has 1 heterocycles. The second kappa shape index (κ2) is 2.75.